The van der Waals surface area contributed by atoms with Crippen LogP contribution in [0.4, 0.5) is 0 Å². The van der Waals surface area contributed by atoms with Gasteiger partial charge in [-0.25, -0.2) is 0 Å². The average molecular weight is 278 g/mol. The summed E-state index contributed by atoms with van der Waals surface area (Å²) in [5.41, 5.74) is 0. The third-order valence-electron chi connectivity index (χ3n) is 3.82. The first-order valence-corrected chi connectivity index (χ1v) is 6.67. The molecule has 1 saturated carbocycles. The summed E-state index contributed by atoms with van der Waals surface area (Å²) < 4.78 is 10.8. The number of hydrogen-bond acceptors (Lipinski definition) is 7. The van der Waals surface area contributed by atoms with Gasteiger partial charge in [0.25, 0.3) is 0 Å². The Hall–Kier alpha value is -0.280. The molecule has 7 heteroatoms. The molecule has 0 aromatic carbocycles. The number of rotatable bonds is 3. The predicted molar refractivity (Wildman–Crippen MR) is 63.1 cm³/mol. The van der Waals surface area contributed by atoms with Crippen molar-refractivity contribution in [2.75, 3.05) is 6.61 Å². The van der Waals surface area contributed by atoms with E-state index in [0.29, 0.717) is 25.7 Å². The molecule has 0 aromatic heterocycles. The summed E-state index contributed by atoms with van der Waals surface area (Å²) in [6, 6.07) is 0. The first-order chi connectivity index (χ1) is 9.02. The summed E-state index contributed by atoms with van der Waals surface area (Å²) in [6.07, 6.45) is -4.08. The number of aliphatic hydroxyl groups excluding tert-OH is 5. The van der Waals surface area contributed by atoms with Crippen molar-refractivity contribution in [2.45, 2.75) is 68.6 Å². The Morgan fingerprint density at radius 3 is 2.11 bits per heavy atom. The standard InChI is InChI=1S/C12H22O7/c13-5-8-9(15)10(16)11(17)12(19-8)18-7-3-1-6(14)2-4-7/h6-17H,1-5H2/t6?,7?,8-,9-,10+,11-,12-/m1/s1. The highest BCUT2D eigenvalue weighted by Gasteiger charge is 2.44. The molecule has 2 fully saturated rings. The van der Waals surface area contributed by atoms with Crippen LogP contribution in [0.5, 0.6) is 0 Å². The monoisotopic (exact) mass is 278 g/mol. The van der Waals surface area contributed by atoms with Crippen molar-refractivity contribution in [1.82, 2.24) is 0 Å². The van der Waals surface area contributed by atoms with Crippen molar-refractivity contribution in [1.29, 1.82) is 0 Å². The van der Waals surface area contributed by atoms with Crippen LogP contribution in [-0.4, -0.2) is 75.1 Å². The zero-order valence-electron chi connectivity index (χ0n) is 10.6. The van der Waals surface area contributed by atoms with Crippen molar-refractivity contribution >= 4 is 0 Å². The molecule has 1 aliphatic carbocycles. The fourth-order valence-electron chi connectivity index (χ4n) is 2.55. The molecule has 2 aliphatic rings. The molecule has 0 unspecified atom stereocenters. The number of aliphatic hydroxyl groups is 5. The minimum absolute atomic E-state index is 0.162. The SMILES string of the molecule is OC[C@H]1O[C@@H](OC2CCC(O)CC2)[C@H](O)[C@@H](O)[C@@H]1O. The van der Waals surface area contributed by atoms with Gasteiger partial charge in [-0.2, -0.15) is 0 Å². The van der Waals surface area contributed by atoms with E-state index < -0.39 is 37.3 Å². The summed E-state index contributed by atoms with van der Waals surface area (Å²) in [5.74, 6) is 0. The smallest absolute Gasteiger partial charge is 0.186 e. The van der Waals surface area contributed by atoms with E-state index >= 15 is 0 Å². The molecule has 0 bridgehead atoms. The van der Waals surface area contributed by atoms with Crippen LogP contribution in [-0.2, 0) is 9.47 Å². The van der Waals surface area contributed by atoms with Crippen molar-refractivity contribution in [3.8, 4) is 0 Å². The molecule has 112 valence electrons. The van der Waals surface area contributed by atoms with Crippen LogP contribution in [0, 0.1) is 0 Å². The first kappa shape index (κ1) is 15.1. The third kappa shape index (κ3) is 3.43. The summed E-state index contributed by atoms with van der Waals surface area (Å²) in [4.78, 5) is 0. The molecule has 0 aromatic rings. The van der Waals surface area contributed by atoms with Crippen LogP contribution in [0.1, 0.15) is 25.7 Å². The normalized spacial score (nSPS) is 48.2. The van der Waals surface area contributed by atoms with Gasteiger partial charge >= 0.3 is 0 Å². The number of hydrogen-bond donors (Lipinski definition) is 5. The first-order valence-electron chi connectivity index (χ1n) is 6.67. The van der Waals surface area contributed by atoms with Gasteiger partial charge in [0, 0.05) is 0 Å². The van der Waals surface area contributed by atoms with E-state index in [1.54, 1.807) is 0 Å². The van der Waals surface area contributed by atoms with Gasteiger partial charge in [0.15, 0.2) is 6.29 Å². The van der Waals surface area contributed by atoms with Crippen molar-refractivity contribution in [3.05, 3.63) is 0 Å². The lowest BCUT2D eigenvalue weighted by molar-refractivity contribution is -0.313. The van der Waals surface area contributed by atoms with E-state index in [1.807, 2.05) is 0 Å². The molecule has 0 spiro atoms. The molecular weight excluding hydrogens is 256 g/mol. The van der Waals surface area contributed by atoms with Crippen LogP contribution in [0.15, 0.2) is 0 Å². The molecule has 19 heavy (non-hydrogen) atoms. The lowest BCUT2D eigenvalue weighted by Gasteiger charge is -2.41. The molecular formula is C12H22O7. The second kappa shape index (κ2) is 6.45. The Kier molecular flexibility index (Phi) is 5.13. The van der Waals surface area contributed by atoms with Gasteiger partial charge in [-0.3, -0.25) is 0 Å². The van der Waals surface area contributed by atoms with E-state index in [-0.39, 0.29) is 12.2 Å². The van der Waals surface area contributed by atoms with Gasteiger partial charge in [0.1, 0.15) is 24.4 Å². The molecule has 1 heterocycles. The third-order valence-corrected chi connectivity index (χ3v) is 3.82. The van der Waals surface area contributed by atoms with Crippen LogP contribution >= 0.6 is 0 Å². The molecule has 1 saturated heterocycles. The van der Waals surface area contributed by atoms with Crippen LogP contribution < -0.4 is 0 Å². The molecule has 0 radical (unpaired) electrons. The summed E-state index contributed by atoms with van der Waals surface area (Å²) in [7, 11) is 0. The molecule has 7 nitrogen and oxygen atoms in total. The van der Waals surface area contributed by atoms with E-state index in [9.17, 15) is 20.4 Å². The topological polar surface area (TPSA) is 120 Å². The molecule has 5 N–H and O–H groups in total. The van der Waals surface area contributed by atoms with Gasteiger partial charge < -0.3 is 35.0 Å². The second-order valence-corrected chi connectivity index (χ2v) is 5.26. The van der Waals surface area contributed by atoms with Crippen molar-refractivity contribution in [2.24, 2.45) is 0 Å². The zero-order valence-corrected chi connectivity index (χ0v) is 10.6. The Morgan fingerprint density at radius 1 is 0.895 bits per heavy atom. The van der Waals surface area contributed by atoms with Gasteiger partial charge in [-0.15, -0.1) is 0 Å². The molecule has 0 amide bonds. The Morgan fingerprint density at radius 2 is 1.53 bits per heavy atom. The highest BCUT2D eigenvalue weighted by molar-refractivity contribution is 4.89. The van der Waals surface area contributed by atoms with Crippen LogP contribution in [0.2, 0.25) is 0 Å². The van der Waals surface area contributed by atoms with E-state index in [1.165, 1.54) is 0 Å². The van der Waals surface area contributed by atoms with E-state index in [2.05, 4.69) is 0 Å². The van der Waals surface area contributed by atoms with E-state index in [4.69, 9.17) is 14.6 Å². The van der Waals surface area contributed by atoms with Gasteiger partial charge in [0.05, 0.1) is 18.8 Å². The summed E-state index contributed by atoms with van der Waals surface area (Å²) in [5, 5.41) is 47.5. The predicted octanol–water partition coefficient (Wildman–Crippen LogP) is -1.89. The lowest BCUT2D eigenvalue weighted by atomic mass is 9.94. The fourth-order valence-corrected chi connectivity index (χ4v) is 2.55. The maximum absolute atomic E-state index is 9.81. The maximum atomic E-state index is 9.81. The second-order valence-electron chi connectivity index (χ2n) is 5.26. The van der Waals surface area contributed by atoms with E-state index in [0.717, 1.165) is 0 Å². The molecule has 2 rings (SSSR count). The highest BCUT2D eigenvalue weighted by Crippen LogP contribution is 2.27. The quantitative estimate of drug-likeness (QED) is 0.409. The van der Waals surface area contributed by atoms with Crippen LogP contribution in [0.25, 0.3) is 0 Å². The van der Waals surface area contributed by atoms with Gasteiger partial charge in [-0.05, 0) is 25.7 Å². The van der Waals surface area contributed by atoms with Crippen LogP contribution in [0.3, 0.4) is 0 Å². The Bertz CT molecular complexity index is 277. The van der Waals surface area contributed by atoms with Crippen molar-refractivity contribution in [3.63, 3.8) is 0 Å². The summed E-state index contributed by atoms with van der Waals surface area (Å²) >= 11 is 0. The minimum atomic E-state index is -1.41. The zero-order chi connectivity index (χ0) is 14.0. The fraction of sp³-hybridized carbons (Fsp3) is 1.00. The summed E-state index contributed by atoms with van der Waals surface area (Å²) in [6.45, 7) is -0.464. The Balaban J connectivity index is 1.91. The van der Waals surface area contributed by atoms with Crippen molar-refractivity contribution < 1.29 is 35.0 Å². The largest absolute Gasteiger partial charge is 0.394 e. The molecule has 1 aliphatic heterocycles. The minimum Gasteiger partial charge on any atom is -0.394 e. The lowest BCUT2D eigenvalue weighted by Crippen LogP contribution is -2.59. The van der Waals surface area contributed by atoms with Gasteiger partial charge in [-0.1, -0.05) is 0 Å². The highest BCUT2D eigenvalue weighted by atomic mass is 16.7. The average Bonchev–Trinajstić information content (AvgIpc) is 2.42. The maximum Gasteiger partial charge on any atom is 0.186 e. The Labute approximate surface area is 111 Å². The molecule has 5 atom stereocenters. The van der Waals surface area contributed by atoms with Gasteiger partial charge in [0.2, 0.25) is 0 Å². The number of ether oxygens (including phenoxy) is 2.